The lowest BCUT2D eigenvalue weighted by molar-refractivity contribution is -0.122. The molecule has 1 amide bonds. The van der Waals surface area contributed by atoms with Crippen molar-refractivity contribution in [2.45, 2.75) is 30.7 Å². The van der Waals surface area contributed by atoms with Crippen LogP contribution in [0.2, 0.25) is 5.02 Å². The van der Waals surface area contributed by atoms with Gasteiger partial charge in [-0.3, -0.25) is 4.79 Å². The molecule has 26 heavy (non-hydrogen) atoms. The van der Waals surface area contributed by atoms with Crippen molar-refractivity contribution in [3.05, 3.63) is 65.2 Å². The lowest BCUT2D eigenvalue weighted by Crippen LogP contribution is -2.49. The maximum atomic E-state index is 12.5. The third kappa shape index (κ3) is 5.30. The number of rotatable bonds is 7. The zero-order chi connectivity index (χ0) is 19.4. The first kappa shape index (κ1) is 20.4. The number of halogens is 1. The van der Waals surface area contributed by atoms with Crippen molar-refractivity contribution in [2.24, 2.45) is 0 Å². The van der Waals surface area contributed by atoms with Crippen LogP contribution < -0.4 is 5.32 Å². The lowest BCUT2D eigenvalue weighted by Gasteiger charge is -2.28. The van der Waals surface area contributed by atoms with Crippen molar-refractivity contribution in [3.8, 4) is 0 Å². The number of hydrogen-bond acceptors (Lipinski definition) is 3. The minimum Gasteiger partial charge on any atom is -0.350 e. The number of nitrogens with zero attached hydrogens (tertiary/aromatic N) is 1. The second-order valence-electron chi connectivity index (χ2n) is 6.77. The molecule has 0 atom stereocenters. The van der Waals surface area contributed by atoms with Crippen LogP contribution in [0.1, 0.15) is 19.4 Å². The highest BCUT2D eigenvalue weighted by atomic mass is 35.5. The second kappa shape index (κ2) is 8.20. The van der Waals surface area contributed by atoms with Gasteiger partial charge < -0.3 is 5.32 Å². The van der Waals surface area contributed by atoms with Crippen molar-refractivity contribution in [3.63, 3.8) is 0 Å². The number of carbonyl (C=O) groups is 1. The summed E-state index contributed by atoms with van der Waals surface area (Å²) in [7, 11) is -2.31. The molecular formula is C19H23ClN2O3S. The first-order chi connectivity index (χ1) is 12.1. The normalized spacial score (nSPS) is 12.2. The summed E-state index contributed by atoms with van der Waals surface area (Å²) in [5, 5.41) is 3.52. The third-order valence-corrected chi connectivity index (χ3v) is 6.07. The van der Waals surface area contributed by atoms with Crippen LogP contribution in [0.3, 0.4) is 0 Å². The molecule has 0 aliphatic heterocycles. The van der Waals surface area contributed by atoms with Gasteiger partial charge in [-0.25, -0.2) is 8.42 Å². The number of nitrogens with one attached hydrogen (secondary N) is 1. The smallest absolute Gasteiger partial charge is 0.243 e. The van der Waals surface area contributed by atoms with Gasteiger partial charge in [-0.1, -0.05) is 48.0 Å². The summed E-state index contributed by atoms with van der Waals surface area (Å²) < 4.78 is 26.0. The van der Waals surface area contributed by atoms with E-state index in [1.807, 2.05) is 32.0 Å². The van der Waals surface area contributed by atoms with E-state index >= 15 is 0 Å². The molecule has 0 aliphatic carbocycles. The zero-order valence-electron chi connectivity index (χ0n) is 15.1. The van der Waals surface area contributed by atoms with Gasteiger partial charge in [-0.05, 0) is 44.0 Å². The molecule has 0 bridgehead atoms. The summed E-state index contributed by atoms with van der Waals surface area (Å²) in [5.74, 6) is -0.371. The SMILES string of the molecule is CN(CC(=O)NC(C)(C)Cc1ccccc1Cl)S(=O)(=O)c1ccccc1. The molecule has 0 heterocycles. The molecule has 2 aromatic rings. The van der Waals surface area contributed by atoms with Gasteiger partial charge in [0.1, 0.15) is 0 Å². The minimum absolute atomic E-state index is 0.158. The molecular weight excluding hydrogens is 372 g/mol. The molecule has 0 aromatic heterocycles. The average molecular weight is 395 g/mol. The van der Waals surface area contributed by atoms with Crippen molar-refractivity contribution in [1.29, 1.82) is 0 Å². The highest BCUT2D eigenvalue weighted by Gasteiger charge is 2.26. The largest absolute Gasteiger partial charge is 0.350 e. The fraction of sp³-hybridized carbons (Fsp3) is 0.316. The monoisotopic (exact) mass is 394 g/mol. The lowest BCUT2D eigenvalue weighted by atomic mass is 9.95. The van der Waals surface area contributed by atoms with Crippen LogP contribution in [0.25, 0.3) is 0 Å². The second-order valence-corrected chi connectivity index (χ2v) is 9.23. The highest BCUT2D eigenvalue weighted by molar-refractivity contribution is 7.89. The Morgan fingerprint density at radius 1 is 1.08 bits per heavy atom. The van der Waals surface area contributed by atoms with Gasteiger partial charge >= 0.3 is 0 Å². The van der Waals surface area contributed by atoms with Crippen LogP contribution in [0.4, 0.5) is 0 Å². The van der Waals surface area contributed by atoms with Crippen molar-refractivity contribution in [1.82, 2.24) is 9.62 Å². The molecule has 0 radical (unpaired) electrons. The fourth-order valence-electron chi connectivity index (χ4n) is 2.64. The maximum absolute atomic E-state index is 12.5. The van der Waals surface area contributed by atoms with E-state index in [9.17, 15) is 13.2 Å². The van der Waals surface area contributed by atoms with Crippen molar-refractivity contribution < 1.29 is 13.2 Å². The van der Waals surface area contributed by atoms with Crippen LogP contribution >= 0.6 is 11.6 Å². The summed E-state index contributed by atoms with van der Waals surface area (Å²) in [6, 6.07) is 15.5. The summed E-state index contributed by atoms with van der Waals surface area (Å²) in [4.78, 5) is 12.5. The summed E-state index contributed by atoms with van der Waals surface area (Å²) in [5.41, 5.74) is 0.351. The quantitative estimate of drug-likeness (QED) is 0.784. The summed E-state index contributed by atoms with van der Waals surface area (Å²) in [6.07, 6.45) is 0.535. The fourth-order valence-corrected chi connectivity index (χ4v) is 3.99. The van der Waals surface area contributed by atoms with Gasteiger partial charge in [0.15, 0.2) is 0 Å². The number of hydrogen-bond donors (Lipinski definition) is 1. The Morgan fingerprint density at radius 3 is 2.27 bits per heavy atom. The van der Waals surface area contributed by atoms with E-state index in [2.05, 4.69) is 5.32 Å². The molecule has 0 unspecified atom stereocenters. The molecule has 5 nitrogen and oxygen atoms in total. The highest BCUT2D eigenvalue weighted by Crippen LogP contribution is 2.21. The Labute approximate surface area is 160 Å². The number of carbonyl (C=O) groups excluding carboxylic acids is 1. The summed E-state index contributed by atoms with van der Waals surface area (Å²) in [6.45, 7) is 3.49. The molecule has 0 saturated heterocycles. The van der Waals surface area contributed by atoms with Crippen LogP contribution in [-0.4, -0.2) is 37.8 Å². The molecule has 2 rings (SSSR count). The van der Waals surface area contributed by atoms with Crippen LogP contribution in [0, 0.1) is 0 Å². The zero-order valence-corrected chi connectivity index (χ0v) is 16.6. The first-order valence-corrected chi connectivity index (χ1v) is 9.99. The molecule has 7 heteroatoms. The predicted octanol–water partition coefficient (Wildman–Crippen LogP) is 3.10. The van der Waals surface area contributed by atoms with Gasteiger partial charge in [-0.2, -0.15) is 4.31 Å². The maximum Gasteiger partial charge on any atom is 0.243 e. The molecule has 140 valence electrons. The topological polar surface area (TPSA) is 66.5 Å². The molecule has 0 aliphatic rings. The van der Waals surface area contributed by atoms with Crippen molar-refractivity contribution in [2.75, 3.05) is 13.6 Å². The Hall–Kier alpha value is -1.89. The molecule has 2 aromatic carbocycles. The van der Waals surface area contributed by atoms with E-state index < -0.39 is 15.6 Å². The molecule has 0 spiro atoms. The predicted molar refractivity (Wildman–Crippen MR) is 104 cm³/mol. The van der Waals surface area contributed by atoms with Crippen LogP contribution in [0.15, 0.2) is 59.5 Å². The van der Waals surface area contributed by atoms with Crippen molar-refractivity contribution >= 4 is 27.5 Å². The Bertz CT molecular complexity index is 867. The van der Waals surface area contributed by atoms with Gasteiger partial charge in [-0.15, -0.1) is 0 Å². The first-order valence-electron chi connectivity index (χ1n) is 8.18. The Balaban J connectivity index is 2.02. The number of sulfonamides is 1. The van der Waals surface area contributed by atoms with E-state index in [-0.39, 0.29) is 17.3 Å². The van der Waals surface area contributed by atoms with E-state index in [1.165, 1.54) is 19.2 Å². The Morgan fingerprint density at radius 2 is 1.65 bits per heavy atom. The van der Waals surface area contributed by atoms with Gasteiger partial charge in [0, 0.05) is 17.6 Å². The Kier molecular flexibility index (Phi) is 6.44. The average Bonchev–Trinajstić information content (AvgIpc) is 2.57. The van der Waals surface area contributed by atoms with Crippen LogP contribution in [-0.2, 0) is 21.2 Å². The molecule has 0 saturated carbocycles. The summed E-state index contributed by atoms with van der Waals surface area (Å²) >= 11 is 6.18. The van der Waals surface area contributed by atoms with Gasteiger partial charge in [0.05, 0.1) is 11.4 Å². The molecule has 1 N–H and O–H groups in total. The number of amides is 1. The van der Waals surface area contributed by atoms with E-state index in [1.54, 1.807) is 24.3 Å². The van der Waals surface area contributed by atoms with Gasteiger partial charge in [0.25, 0.3) is 0 Å². The van der Waals surface area contributed by atoms with E-state index in [4.69, 9.17) is 11.6 Å². The van der Waals surface area contributed by atoms with E-state index in [0.717, 1.165) is 9.87 Å². The van der Waals surface area contributed by atoms with Crippen LogP contribution in [0.5, 0.6) is 0 Å². The van der Waals surface area contributed by atoms with E-state index in [0.29, 0.717) is 11.4 Å². The third-order valence-electron chi connectivity index (χ3n) is 3.89. The standard InChI is InChI=1S/C19H23ClN2O3S/c1-19(2,13-15-9-7-8-12-17(15)20)21-18(23)14-22(3)26(24,25)16-10-5-4-6-11-16/h4-12H,13-14H2,1-3H3,(H,21,23). The number of benzene rings is 2. The minimum atomic E-state index is -3.70. The molecule has 0 fully saturated rings. The van der Waals surface area contributed by atoms with Gasteiger partial charge in [0.2, 0.25) is 15.9 Å². The number of likely N-dealkylation sites (N-methyl/N-ethyl adjacent to an activating group) is 1.